The van der Waals surface area contributed by atoms with Gasteiger partial charge >= 0.3 is 0 Å². The second-order valence-electron chi connectivity index (χ2n) is 3.39. The van der Waals surface area contributed by atoms with Crippen molar-refractivity contribution < 1.29 is 9.18 Å². The molecule has 1 rings (SSSR count). The van der Waals surface area contributed by atoms with Crippen molar-refractivity contribution >= 4 is 6.29 Å². The number of carbonyl (C=O) groups excluding carboxylic acids is 1. The highest BCUT2D eigenvalue weighted by atomic mass is 19.1. The standard InChI is InChI=1S/C11H13FO/c1-8(2)11(12)10-6-4-3-5-9(10)7-13/h3-8,11H,1-2H3. The number of hydrogen-bond donors (Lipinski definition) is 0. The fourth-order valence-corrected chi connectivity index (χ4v) is 1.23. The van der Waals surface area contributed by atoms with Gasteiger partial charge in [-0.15, -0.1) is 0 Å². The maximum atomic E-state index is 13.5. The van der Waals surface area contributed by atoms with Gasteiger partial charge in [0, 0.05) is 5.56 Å². The Balaban J connectivity index is 3.05. The van der Waals surface area contributed by atoms with Crippen LogP contribution in [-0.2, 0) is 0 Å². The van der Waals surface area contributed by atoms with E-state index in [1.807, 2.05) is 0 Å². The Morgan fingerprint density at radius 1 is 1.31 bits per heavy atom. The van der Waals surface area contributed by atoms with Crippen LogP contribution in [0.4, 0.5) is 4.39 Å². The molecule has 0 saturated carbocycles. The average molecular weight is 180 g/mol. The predicted octanol–water partition coefficient (Wildman–Crippen LogP) is 3.17. The first kappa shape index (κ1) is 9.90. The molecule has 0 aromatic heterocycles. The van der Waals surface area contributed by atoms with E-state index in [2.05, 4.69) is 0 Å². The predicted molar refractivity (Wildman–Crippen MR) is 50.5 cm³/mol. The van der Waals surface area contributed by atoms with Crippen LogP contribution in [0, 0.1) is 5.92 Å². The molecule has 0 saturated heterocycles. The highest BCUT2D eigenvalue weighted by Crippen LogP contribution is 2.27. The Morgan fingerprint density at radius 3 is 2.46 bits per heavy atom. The van der Waals surface area contributed by atoms with E-state index in [1.165, 1.54) is 0 Å². The molecule has 0 aliphatic carbocycles. The van der Waals surface area contributed by atoms with E-state index in [9.17, 15) is 9.18 Å². The minimum absolute atomic E-state index is 0.0962. The molecule has 0 heterocycles. The molecular formula is C11H13FO. The van der Waals surface area contributed by atoms with Gasteiger partial charge in [0.2, 0.25) is 0 Å². The van der Waals surface area contributed by atoms with Crippen LogP contribution < -0.4 is 0 Å². The Kier molecular flexibility index (Phi) is 3.18. The zero-order valence-corrected chi connectivity index (χ0v) is 7.83. The molecule has 0 aliphatic rings. The van der Waals surface area contributed by atoms with Crippen LogP contribution in [0.15, 0.2) is 24.3 Å². The van der Waals surface area contributed by atoms with E-state index in [1.54, 1.807) is 38.1 Å². The number of benzene rings is 1. The van der Waals surface area contributed by atoms with Gasteiger partial charge in [0.05, 0.1) is 0 Å². The number of carbonyl (C=O) groups is 1. The molecular weight excluding hydrogens is 167 g/mol. The van der Waals surface area contributed by atoms with Crippen LogP contribution in [0.5, 0.6) is 0 Å². The first-order valence-corrected chi connectivity index (χ1v) is 4.35. The number of alkyl halides is 1. The molecule has 0 bridgehead atoms. The van der Waals surface area contributed by atoms with Gasteiger partial charge in [-0.2, -0.15) is 0 Å². The van der Waals surface area contributed by atoms with E-state index in [4.69, 9.17) is 0 Å². The molecule has 1 unspecified atom stereocenters. The highest BCUT2D eigenvalue weighted by Gasteiger charge is 2.16. The quantitative estimate of drug-likeness (QED) is 0.653. The molecule has 0 spiro atoms. The lowest BCUT2D eigenvalue weighted by atomic mass is 9.97. The third-order valence-electron chi connectivity index (χ3n) is 2.01. The summed E-state index contributed by atoms with van der Waals surface area (Å²) in [5.41, 5.74) is 0.941. The molecule has 1 atom stereocenters. The van der Waals surface area contributed by atoms with Gasteiger partial charge in [-0.05, 0) is 11.5 Å². The third-order valence-corrected chi connectivity index (χ3v) is 2.01. The van der Waals surface area contributed by atoms with Crippen molar-refractivity contribution in [3.05, 3.63) is 35.4 Å². The molecule has 0 aliphatic heterocycles. The summed E-state index contributed by atoms with van der Waals surface area (Å²) in [7, 11) is 0. The van der Waals surface area contributed by atoms with E-state index in [0.29, 0.717) is 17.4 Å². The molecule has 1 aromatic rings. The van der Waals surface area contributed by atoms with Gasteiger partial charge in [0.1, 0.15) is 12.5 Å². The van der Waals surface area contributed by atoms with Crippen molar-refractivity contribution in [2.75, 3.05) is 0 Å². The van der Waals surface area contributed by atoms with E-state index in [-0.39, 0.29) is 5.92 Å². The zero-order chi connectivity index (χ0) is 9.84. The Labute approximate surface area is 77.6 Å². The monoisotopic (exact) mass is 180 g/mol. The van der Waals surface area contributed by atoms with Crippen molar-refractivity contribution in [3.63, 3.8) is 0 Å². The highest BCUT2D eigenvalue weighted by molar-refractivity contribution is 5.77. The molecule has 0 radical (unpaired) electrons. The topological polar surface area (TPSA) is 17.1 Å². The zero-order valence-electron chi connectivity index (χ0n) is 7.83. The van der Waals surface area contributed by atoms with Crippen LogP contribution in [-0.4, -0.2) is 6.29 Å². The van der Waals surface area contributed by atoms with Gasteiger partial charge in [0.15, 0.2) is 0 Å². The number of halogens is 1. The van der Waals surface area contributed by atoms with Crippen molar-refractivity contribution in [3.8, 4) is 0 Å². The number of hydrogen-bond acceptors (Lipinski definition) is 1. The number of rotatable bonds is 3. The molecule has 70 valence electrons. The third kappa shape index (κ3) is 2.14. The molecule has 1 nitrogen and oxygen atoms in total. The maximum absolute atomic E-state index is 13.5. The molecule has 1 aromatic carbocycles. The fraction of sp³-hybridized carbons (Fsp3) is 0.364. The number of aldehydes is 1. The van der Waals surface area contributed by atoms with Crippen LogP contribution >= 0.6 is 0 Å². The Morgan fingerprint density at radius 2 is 1.92 bits per heavy atom. The summed E-state index contributed by atoms with van der Waals surface area (Å²) in [5, 5.41) is 0. The molecule has 0 amide bonds. The second kappa shape index (κ2) is 4.17. The van der Waals surface area contributed by atoms with Crippen LogP contribution in [0.3, 0.4) is 0 Å². The fourth-order valence-electron chi connectivity index (χ4n) is 1.23. The maximum Gasteiger partial charge on any atom is 0.150 e. The summed E-state index contributed by atoms with van der Waals surface area (Å²) in [5.74, 6) is -0.0962. The van der Waals surface area contributed by atoms with E-state index in [0.717, 1.165) is 0 Å². The normalized spacial score (nSPS) is 12.9. The van der Waals surface area contributed by atoms with Gasteiger partial charge in [-0.1, -0.05) is 38.1 Å². The second-order valence-corrected chi connectivity index (χ2v) is 3.39. The van der Waals surface area contributed by atoms with Gasteiger partial charge in [-0.25, -0.2) is 4.39 Å². The SMILES string of the molecule is CC(C)C(F)c1ccccc1C=O. The summed E-state index contributed by atoms with van der Waals surface area (Å²) in [6.07, 6.45) is -0.356. The largest absolute Gasteiger partial charge is 0.298 e. The lowest BCUT2D eigenvalue weighted by molar-refractivity contribution is 0.111. The first-order valence-electron chi connectivity index (χ1n) is 4.35. The van der Waals surface area contributed by atoms with Gasteiger partial charge in [-0.3, -0.25) is 4.79 Å². The van der Waals surface area contributed by atoms with E-state index < -0.39 is 6.17 Å². The first-order chi connectivity index (χ1) is 6.16. The average Bonchev–Trinajstić information content (AvgIpc) is 2.16. The summed E-state index contributed by atoms with van der Waals surface area (Å²) in [6, 6.07) is 6.78. The van der Waals surface area contributed by atoms with Crippen molar-refractivity contribution in [1.29, 1.82) is 0 Å². The van der Waals surface area contributed by atoms with Gasteiger partial charge < -0.3 is 0 Å². The molecule has 0 N–H and O–H groups in total. The Bertz CT molecular complexity index is 294. The van der Waals surface area contributed by atoms with Crippen LogP contribution in [0.25, 0.3) is 0 Å². The van der Waals surface area contributed by atoms with Crippen molar-refractivity contribution in [1.82, 2.24) is 0 Å². The summed E-state index contributed by atoms with van der Waals surface area (Å²) >= 11 is 0. The Hall–Kier alpha value is -1.18. The minimum atomic E-state index is -1.05. The van der Waals surface area contributed by atoms with E-state index >= 15 is 0 Å². The molecule has 0 fully saturated rings. The van der Waals surface area contributed by atoms with Gasteiger partial charge in [0.25, 0.3) is 0 Å². The van der Waals surface area contributed by atoms with Crippen LogP contribution in [0.2, 0.25) is 0 Å². The van der Waals surface area contributed by atoms with Crippen molar-refractivity contribution in [2.45, 2.75) is 20.0 Å². The summed E-state index contributed by atoms with van der Waals surface area (Å²) < 4.78 is 13.5. The lowest BCUT2D eigenvalue weighted by Gasteiger charge is -2.13. The summed E-state index contributed by atoms with van der Waals surface area (Å²) in [4.78, 5) is 10.6. The summed E-state index contributed by atoms with van der Waals surface area (Å²) in [6.45, 7) is 3.60. The minimum Gasteiger partial charge on any atom is -0.298 e. The smallest absolute Gasteiger partial charge is 0.150 e. The van der Waals surface area contributed by atoms with Crippen molar-refractivity contribution in [2.24, 2.45) is 5.92 Å². The van der Waals surface area contributed by atoms with Crippen LogP contribution in [0.1, 0.15) is 35.9 Å². The lowest BCUT2D eigenvalue weighted by Crippen LogP contribution is -2.03. The molecule has 2 heteroatoms. The molecule has 13 heavy (non-hydrogen) atoms.